The first-order chi connectivity index (χ1) is 12.4. The Morgan fingerprint density at radius 1 is 1.04 bits per heavy atom. The molecular formula is C21H27NO4. The predicted octanol–water partition coefficient (Wildman–Crippen LogP) is 5.17. The zero-order chi connectivity index (χ0) is 19.1. The first-order valence-electron chi connectivity index (χ1n) is 8.88. The Labute approximate surface area is 155 Å². The number of hydrogen-bond acceptors (Lipinski definition) is 5. The van der Waals surface area contributed by atoms with Crippen LogP contribution in [0.4, 0.5) is 10.5 Å². The maximum Gasteiger partial charge on any atom is 0.515 e. The van der Waals surface area contributed by atoms with Crippen molar-refractivity contribution >= 4 is 11.8 Å². The topological polar surface area (TPSA) is 48.0 Å². The summed E-state index contributed by atoms with van der Waals surface area (Å²) in [7, 11) is 0. The Bertz CT molecular complexity index is 729. The van der Waals surface area contributed by atoms with E-state index in [-0.39, 0.29) is 6.10 Å². The molecule has 26 heavy (non-hydrogen) atoms. The lowest BCUT2D eigenvalue weighted by Gasteiger charge is -2.29. The van der Waals surface area contributed by atoms with Gasteiger partial charge in [-0.2, -0.15) is 0 Å². The van der Waals surface area contributed by atoms with Crippen molar-refractivity contribution in [2.75, 3.05) is 11.4 Å². The third kappa shape index (κ3) is 5.41. The van der Waals surface area contributed by atoms with Crippen molar-refractivity contribution in [2.24, 2.45) is 0 Å². The first-order valence-corrected chi connectivity index (χ1v) is 8.88. The largest absolute Gasteiger partial charge is 0.515 e. The van der Waals surface area contributed by atoms with Gasteiger partial charge in [-0.25, -0.2) is 4.79 Å². The van der Waals surface area contributed by atoms with Crippen LogP contribution in [0.25, 0.3) is 0 Å². The van der Waals surface area contributed by atoms with Crippen molar-refractivity contribution in [2.45, 2.75) is 47.0 Å². The van der Waals surface area contributed by atoms with E-state index in [4.69, 9.17) is 14.2 Å². The standard InChI is InChI=1S/C21H27NO4/c1-6-22(18-11-9-10-16(4)14-18)17(5)25-21(23)26-20-13-8-7-12-19(20)24-15(2)3/h7-15,17H,6H2,1-5H3. The molecule has 0 saturated heterocycles. The molecular weight excluding hydrogens is 330 g/mol. The molecule has 2 aromatic carbocycles. The first kappa shape index (κ1) is 19.6. The second-order valence-corrected chi connectivity index (χ2v) is 6.31. The molecule has 0 spiro atoms. The molecule has 0 bridgehead atoms. The SMILES string of the molecule is CCN(c1cccc(C)c1)C(C)OC(=O)Oc1ccccc1OC(C)C. The Morgan fingerprint density at radius 2 is 1.73 bits per heavy atom. The van der Waals surface area contributed by atoms with E-state index in [9.17, 15) is 4.79 Å². The van der Waals surface area contributed by atoms with Crippen LogP contribution in [-0.2, 0) is 4.74 Å². The third-order valence-electron chi connectivity index (χ3n) is 3.78. The fraction of sp³-hybridized carbons (Fsp3) is 0.381. The average Bonchev–Trinajstić information content (AvgIpc) is 2.57. The molecule has 5 heteroatoms. The number of aryl methyl sites for hydroxylation is 1. The van der Waals surface area contributed by atoms with Gasteiger partial charge in [-0.3, -0.25) is 0 Å². The minimum Gasteiger partial charge on any atom is -0.487 e. The van der Waals surface area contributed by atoms with Crippen LogP contribution in [0, 0.1) is 6.92 Å². The maximum atomic E-state index is 12.3. The van der Waals surface area contributed by atoms with Crippen LogP contribution < -0.4 is 14.4 Å². The molecule has 2 rings (SSSR count). The highest BCUT2D eigenvalue weighted by Crippen LogP contribution is 2.28. The molecule has 0 fully saturated rings. The minimum atomic E-state index is -0.761. The molecule has 1 atom stereocenters. The number of carbonyl (C=O) groups is 1. The Balaban J connectivity index is 2.05. The third-order valence-corrected chi connectivity index (χ3v) is 3.78. The number of para-hydroxylation sites is 2. The smallest absolute Gasteiger partial charge is 0.487 e. The van der Waals surface area contributed by atoms with E-state index in [2.05, 4.69) is 6.07 Å². The summed E-state index contributed by atoms with van der Waals surface area (Å²) in [5.74, 6) is 0.857. The van der Waals surface area contributed by atoms with Gasteiger partial charge in [0.15, 0.2) is 17.7 Å². The van der Waals surface area contributed by atoms with Gasteiger partial charge in [-0.1, -0.05) is 24.3 Å². The maximum absolute atomic E-state index is 12.3. The van der Waals surface area contributed by atoms with Crippen LogP contribution >= 0.6 is 0 Å². The zero-order valence-electron chi connectivity index (χ0n) is 16.1. The highest BCUT2D eigenvalue weighted by atomic mass is 16.7. The van der Waals surface area contributed by atoms with Crippen molar-refractivity contribution in [3.8, 4) is 11.5 Å². The molecule has 1 unspecified atom stereocenters. The highest BCUT2D eigenvalue weighted by Gasteiger charge is 2.20. The summed E-state index contributed by atoms with van der Waals surface area (Å²) in [4.78, 5) is 14.2. The van der Waals surface area contributed by atoms with E-state index in [1.807, 2.05) is 63.8 Å². The van der Waals surface area contributed by atoms with Gasteiger partial charge in [0.05, 0.1) is 6.10 Å². The van der Waals surface area contributed by atoms with Gasteiger partial charge < -0.3 is 19.1 Å². The number of benzene rings is 2. The molecule has 5 nitrogen and oxygen atoms in total. The molecule has 0 heterocycles. The van der Waals surface area contributed by atoms with Gasteiger partial charge in [0, 0.05) is 12.2 Å². The number of carbonyl (C=O) groups excluding carboxylic acids is 1. The molecule has 0 aromatic heterocycles. The summed E-state index contributed by atoms with van der Waals surface area (Å²) in [5.41, 5.74) is 2.15. The number of ether oxygens (including phenoxy) is 3. The molecule has 0 amide bonds. The normalized spacial score (nSPS) is 11.8. The van der Waals surface area contributed by atoms with Gasteiger partial charge in [0.1, 0.15) is 0 Å². The van der Waals surface area contributed by atoms with E-state index < -0.39 is 12.4 Å². The quantitative estimate of drug-likeness (QED) is 0.389. The van der Waals surface area contributed by atoms with E-state index in [1.165, 1.54) is 0 Å². The molecule has 0 aliphatic heterocycles. The second kappa shape index (κ2) is 9.13. The Morgan fingerprint density at radius 3 is 2.35 bits per heavy atom. The van der Waals surface area contributed by atoms with Crippen molar-refractivity contribution in [1.29, 1.82) is 0 Å². The van der Waals surface area contributed by atoms with Crippen molar-refractivity contribution in [3.63, 3.8) is 0 Å². The van der Waals surface area contributed by atoms with Crippen molar-refractivity contribution in [1.82, 2.24) is 0 Å². The van der Waals surface area contributed by atoms with Gasteiger partial charge >= 0.3 is 6.16 Å². The fourth-order valence-corrected chi connectivity index (χ4v) is 2.66. The number of hydrogen-bond donors (Lipinski definition) is 0. The fourth-order valence-electron chi connectivity index (χ4n) is 2.66. The van der Waals surface area contributed by atoms with Gasteiger partial charge in [0.2, 0.25) is 0 Å². The van der Waals surface area contributed by atoms with Crippen LogP contribution in [0.3, 0.4) is 0 Å². The Hall–Kier alpha value is -2.69. The summed E-state index contributed by atoms with van der Waals surface area (Å²) in [5, 5.41) is 0. The number of anilines is 1. The second-order valence-electron chi connectivity index (χ2n) is 6.31. The Kier molecular flexibility index (Phi) is 6.89. The summed E-state index contributed by atoms with van der Waals surface area (Å²) in [6.45, 7) is 10.4. The highest BCUT2D eigenvalue weighted by molar-refractivity contribution is 5.66. The zero-order valence-corrected chi connectivity index (χ0v) is 16.1. The molecule has 0 radical (unpaired) electrons. The van der Waals surface area contributed by atoms with Crippen LogP contribution in [0.1, 0.15) is 33.3 Å². The van der Waals surface area contributed by atoms with Gasteiger partial charge in [-0.15, -0.1) is 0 Å². The number of nitrogens with zero attached hydrogens (tertiary/aromatic N) is 1. The summed E-state index contributed by atoms with van der Waals surface area (Å²) in [6, 6.07) is 15.1. The van der Waals surface area contributed by atoms with Crippen LogP contribution in [0.2, 0.25) is 0 Å². The van der Waals surface area contributed by atoms with Crippen LogP contribution in [-0.4, -0.2) is 25.0 Å². The monoisotopic (exact) mass is 357 g/mol. The van der Waals surface area contributed by atoms with Crippen LogP contribution in [0.15, 0.2) is 48.5 Å². The molecule has 0 aliphatic carbocycles. The molecule has 0 N–H and O–H groups in total. The average molecular weight is 357 g/mol. The minimum absolute atomic E-state index is 0.0217. The number of rotatable bonds is 7. The lowest BCUT2D eigenvalue weighted by molar-refractivity contribution is 0.0630. The van der Waals surface area contributed by atoms with E-state index in [1.54, 1.807) is 18.2 Å². The van der Waals surface area contributed by atoms with Crippen LogP contribution in [0.5, 0.6) is 11.5 Å². The molecule has 2 aromatic rings. The van der Waals surface area contributed by atoms with E-state index in [0.717, 1.165) is 11.3 Å². The summed E-state index contributed by atoms with van der Waals surface area (Å²) in [6.07, 6.45) is -1.25. The summed E-state index contributed by atoms with van der Waals surface area (Å²) < 4.78 is 16.5. The molecule has 140 valence electrons. The summed E-state index contributed by atoms with van der Waals surface area (Å²) >= 11 is 0. The van der Waals surface area contributed by atoms with Gasteiger partial charge in [0.25, 0.3) is 0 Å². The lowest BCUT2D eigenvalue weighted by Crippen LogP contribution is -2.37. The van der Waals surface area contributed by atoms with E-state index in [0.29, 0.717) is 18.0 Å². The van der Waals surface area contributed by atoms with Crippen molar-refractivity contribution in [3.05, 3.63) is 54.1 Å². The molecule has 0 saturated carbocycles. The van der Waals surface area contributed by atoms with Gasteiger partial charge in [-0.05, 0) is 64.4 Å². The van der Waals surface area contributed by atoms with E-state index >= 15 is 0 Å². The lowest BCUT2D eigenvalue weighted by atomic mass is 10.2. The molecule has 0 aliphatic rings. The van der Waals surface area contributed by atoms with Crippen molar-refractivity contribution < 1.29 is 19.0 Å². The predicted molar refractivity (Wildman–Crippen MR) is 103 cm³/mol.